The fourth-order valence-electron chi connectivity index (χ4n) is 3.07. The number of carbonyl (C=O) groups is 1. The van der Waals surface area contributed by atoms with Crippen molar-refractivity contribution in [2.45, 2.75) is 40.3 Å². The van der Waals surface area contributed by atoms with Gasteiger partial charge in [0, 0.05) is 17.5 Å². The molecule has 2 aromatic carbocycles. The van der Waals surface area contributed by atoms with E-state index in [9.17, 15) is 4.79 Å². The van der Waals surface area contributed by atoms with Crippen LogP contribution in [0.3, 0.4) is 0 Å². The van der Waals surface area contributed by atoms with E-state index in [2.05, 4.69) is 31.8 Å². The average Bonchev–Trinajstić information content (AvgIpc) is 3.21. The Labute approximate surface area is 182 Å². The van der Waals surface area contributed by atoms with Crippen molar-refractivity contribution in [3.63, 3.8) is 0 Å². The van der Waals surface area contributed by atoms with Crippen LogP contribution in [-0.2, 0) is 13.2 Å². The fraction of sp³-hybridized carbons (Fsp3) is 0.333. The maximum Gasteiger partial charge on any atom is 0.254 e. The number of ether oxygens (including phenoxy) is 2. The summed E-state index contributed by atoms with van der Waals surface area (Å²) in [7, 11) is 1.61. The maximum atomic E-state index is 13.0. The summed E-state index contributed by atoms with van der Waals surface area (Å²) in [6, 6.07) is 13.3. The molecule has 0 unspecified atom stereocenters. The van der Waals surface area contributed by atoms with Gasteiger partial charge in [-0.3, -0.25) is 4.79 Å². The number of methoxy groups -OCH3 is 1. The molecule has 0 saturated carbocycles. The van der Waals surface area contributed by atoms with Crippen LogP contribution in [-0.4, -0.2) is 29.4 Å². The molecule has 1 heterocycles. The van der Waals surface area contributed by atoms with Gasteiger partial charge in [-0.2, -0.15) is 0 Å². The van der Waals surface area contributed by atoms with Crippen LogP contribution in [0.25, 0.3) is 0 Å². The lowest BCUT2D eigenvalue weighted by Crippen LogP contribution is -2.31. The van der Waals surface area contributed by atoms with Crippen molar-refractivity contribution >= 4 is 17.2 Å². The van der Waals surface area contributed by atoms with Gasteiger partial charge >= 0.3 is 0 Å². The number of hydrogen-bond donors (Lipinski definition) is 0. The Balaban J connectivity index is 1.63. The van der Waals surface area contributed by atoms with Gasteiger partial charge in [0.05, 0.1) is 19.3 Å². The van der Waals surface area contributed by atoms with Gasteiger partial charge in [0.1, 0.15) is 23.1 Å². The van der Waals surface area contributed by atoms with Gasteiger partial charge in [0.2, 0.25) is 0 Å². The number of hydrogen-bond acceptors (Lipinski definition) is 5. The van der Waals surface area contributed by atoms with E-state index >= 15 is 0 Å². The highest BCUT2D eigenvalue weighted by Crippen LogP contribution is 2.20. The molecule has 0 atom stereocenters. The third-order valence-corrected chi connectivity index (χ3v) is 5.78. The van der Waals surface area contributed by atoms with Gasteiger partial charge in [-0.1, -0.05) is 13.0 Å². The van der Waals surface area contributed by atoms with Crippen molar-refractivity contribution in [2.24, 2.45) is 0 Å². The number of benzene rings is 2. The van der Waals surface area contributed by atoms with Crippen LogP contribution in [0, 0.1) is 13.8 Å². The second kappa shape index (κ2) is 10.3. The van der Waals surface area contributed by atoms with E-state index in [1.165, 1.54) is 11.1 Å². The molecule has 30 heavy (non-hydrogen) atoms. The first-order valence-corrected chi connectivity index (χ1v) is 10.9. The Kier molecular flexibility index (Phi) is 7.46. The van der Waals surface area contributed by atoms with Gasteiger partial charge in [-0.15, -0.1) is 11.3 Å². The molecule has 5 nitrogen and oxygen atoms in total. The van der Waals surface area contributed by atoms with E-state index in [0.29, 0.717) is 25.3 Å². The summed E-state index contributed by atoms with van der Waals surface area (Å²) in [5.41, 5.74) is 3.99. The van der Waals surface area contributed by atoms with Gasteiger partial charge in [-0.25, -0.2) is 4.98 Å². The number of amides is 1. The molecule has 3 rings (SSSR count). The topological polar surface area (TPSA) is 51.7 Å². The third kappa shape index (κ3) is 5.60. The minimum absolute atomic E-state index is 0.000402. The molecule has 3 aromatic rings. The summed E-state index contributed by atoms with van der Waals surface area (Å²) < 4.78 is 11.1. The van der Waals surface area contributed by atoms with Gasteiger partial charge < -0.3 is 14.4 Å². The Hall–Kier alpha value is -2.86. The van der Waals surface area contributed by atoms with Gasteiger partial charge in [0.15, 0.2) is 0 Å². The lowest BCUT2D eigenvalue weighted by Gasteiger charge is -2.21. The van der Waals surface area contributed by atoms with E-state index in [-0.39, 0.29) is 5.91 Å². The molecule has 0 aliphatic rings. The van der Waals surface area contributed by atoms with Crippen molar-refractivity contribution < 1.29 is 14.3 Å². The largest absolute Gasteiger partial charge is 0.497 e. The van der Waals surface area contributed by atoms with Crippen LogP contribution in [0.15, 0.2) is 47.8 Å². The van der Waals surface area contributed by atoms with E-state index < -0.39 is 0 Å². The second-order valence-corrected chi connectivity index (χ2v) is 8.17. The monoisotopic (exact) mass is 424 g/mol. The zero-order valence-electron chi connectivity index (χ0n) is 18.0. The molecular weight excluding hydrogens is 396 g/mol. The molecule has 1 aromatic heterocycles. The predicted octanol–water partition coefficient (Wildman–Crippen LogP) is 5.40. The van der Waals surface area contributed by atoms with E-state index in [1.807, 2.05) is 34.5 Å². The number of thiazole rings is 1. The molecule has 0 radical (unpaired) electrons. The zero-order valence-corrected chi connectivity index (χ0v) is 18.8. The maximum absolute atomic E-state index is 13.0. The Morgan fingerprint density at radius 1 is 1.07 bits per heavy atom. The smallest absolute Gasteiger partial charge is 0.254 e. The summed E-state index contributed by atoms with van der Waals surface area (Å²) in [5, 5.41) is 2.90. The number of aryl methyl sites for hydroxylation is 2. The number of nitrogens with zero attached hydrogens (tertiary/aromatic N) is 2. The molecule has 0 fully saturated rings. The van der Waals surface area contributed by atoms with E-state index in [0.717, 1.165) is 28.6 Å². The molecule has 0 spiro atoms. The van der Waals surface area contributed by atoms with Crippen LogP contribution in [0.5, 0.6) is 11.5 Å². The van der Waals surface area contributed by atoms with Crippen LogP contribution in [0.1, 0.15) is 45.5 Å². The summed E-state index contributed by atoms with van der Waals surface area (Å²) in [6.45, 7) is 7.81. The van der Waals surface area contributed by atoms with Crippen LogP contribution in [0.4, 0.5) is 0 Å². The molecular formula is C24H28N2O3S. The minimum Gasteiger partial charge on any atom is -0.497 e. The SMILES string of the molecule is CCCN(Cc1csc(COc2ccc(C)c(C)c2)n1)C(=O)c1ccc(OC)cc1. The number of carbonyl (C=O) groups excluding carboxylic acids is 1. The fourth-order valence-corrected chi connectivity index (χ4v) is 3.77. The summed E-state index contributed by atoms with van der Waals surface area (Å²) in [6.07, 6.45) is 0.884. The molecule has 158 valence electrons. The van der Waals surface area contributed by atoms with Crippen molar-refractivity contribution in [3.05, 3.63) is 75.2 Å². The lowest BCUT2D eigenvalue weighted by molar-refractivity contribution is 0.0741. The van der Waals surface area contributed by atoms with Crippen molar-refractivity contribution in [2.75, 3.05) is 13.7 Å². The van der Waals surface area contributed by atoms with Crippen LogP contribution >= 0.6 is 11.3 Å². The number of rotatable bonds is 9. The standard InChI is InChI=1S/C24H28N2O3S/c1-5-12-26(24(27)19-7-10-21(28-4)11-8-19)14-20-16-30-23(25-20)15-29-22-9-6-17(2)18(3)13-22/h6-11,13,16H,5,12,14-15H2,1-4H3. The van der Waals surface area contributed by atoms with Crippen molar-refractivity contribution in [3.8, 4) is 11.5 Å². The van der Waals surface area contributed by atoms with Crippen molar-refractivity contribution in [1.29, 1.82) is 0 Å². The average molecular weight is 425 g/mol. The molecule has 0 aliphatic carbocycles. The first kappa shape index (κ1) is 21.8. The third-order valence-electron chi connectivity index (χ3n) is 4.91. The predicted molar refractivity (Wildman–Crippen MR) is 120 cm³/mol. The molecule has 0 saturated heterocycles. The quantitative estimate of drug-likeness (QED) is 0.461. The van der Waals surface area contributed by atoms with Crippen LogP contribution in [0.2, 0.25) is 0 Å². The summed E-state index contributed by atoms with van der Waals surface area (Å²) >= 11 is 1.56. The molecule has 0 N–H and O–H groups in total. The summed E-state index contributed by atoms with van der Waals surface area (Å²) in [5.74, 6) is 1.58. The van der Waals surface area contributed by atoms with E-state index in [1.54, 1.807) is 30.6 Å². The zero-order chi connectivity index (χ0) is 21.5. The van der Waals surface area contributed by atoms with E-state index in [4.69, 9.17) is 9.47 Å². The summed E-state index contributed by atoms with van der Waals surface area (Å²) in [4.78, 5) is 19.5. The highest BCUT2D eigenvalue weighted by Gasteiger charge is 2.17. The number of aromatic nitrogens is 1. The van der Waals surface area contributed by atoms with Gasteiger partial charge in [0.25, 0.3) is 5.91 Å². The molecule has 0 aliphatic heterocycles. The molecule has 0 bridgehead atoms. The molecule has 6 heteroatoms. The highest BCUT2D eigenvalue weighted by atomic mass is 32.1. The Morgan fingerprint density at radius 3 is 2.47 bits per heavy atom. The first-order chi connectivity index (χ1) is 14.5. The van der Waals surface area contributed by atoms with Crippen molar-refractivity contribution in [1.82, 2.24) is 9.88 Å². The second-order valence-electron chi connectivity index (χ2n) is 7.22. The minimum atomic E-state index is 0.000402. The Morgan fingerprint density at radius 2 is 1.80 bits per heavy atom. The Bertz CT molecular complexity index is 982. The normalized spacial score (nSPS) is 10.7. The molecule has 1 amide bonds. The van der Waals surface area contributed by atoms with Gasteiger partial charge in [-0.05, 0) is 67.8 Å². The highest BCUT2D eigenvalue weighted by molar-refractivity contribution is 7.09. The first-order valence-electron chi connectivity index (χ1n) is 10.1. The lowest BCUT2D eigenvalue weighted by atomic mass is 10.1. The van der Waals surface area contributed by atoms with Crippen LogP contribution < -0.4 is 9.47 Å².